The fourth-order valence-corrected chi connectivity index (χ4v) is 2.69. The van der Waals surface area contributed by atoms with Gasteiger partial charge in [0, 0.05) is 17.3 Å². The van der Waals surface area contributed by atoms with Crippen LogP contribution in [0, 0.1) is 5.82 Å². The van der Waals surface area contributed by atoms with Crippen molar-refractivity contribution in [3.05, 3.63) is 29.0 Å². The lowest BCUT2D eigenvalue weighted by Gasteiger charge is -2.13. The van der Waals surface area contributed by atoms with Gasteiger partial charge < -0.3 is 15.0 Å². The number of nitrogens with zero attached hydrogens (tertiary/aromatic N) is 1. The van der Waals surface area contributed by atoms with Crippen LogP contribution in [0.15, 0.2) is 18.2 Å². The van der Waals surface area contributed by atoms with Gasteiger partial charge in [0.15, 0.2) is 6.61 Å². The number of carbonyl (C=O) groups is 3. The molecule has 0 saturated carbocycles. The van der Waals surface area contributed by atoms with Crippen molar-refractivity contribution in [2.75, 3.05) is 30.8 Å². The van der Waals surface area contributed by atoms with E-state index in [2.05, 4.69) is 5.32 Å². The smallest absolute Gasteiger partial charge is 0.326 e. The van der Waals surface area contributed by atoms with Crippen molar-refractivity contribution in [2.24, 2.45) is 0 Å². The Morgan fingerprint density at radius 1 is 1.45 bits per heavy atom. The molecule has 1 aliphatic heterocycles. The fraction of sp³-hybridized carbons (Fsp3) is 0.308. The average molecular weight is 347 g/mol. The van der Waals surface area contributed by atoms with E-state index in [4.69, 9.17) is 16.3 Å². The summed E-state index contributed by atoms with van der Waals surface area (Å²) in [6.45, 7) is -0.302. The lowest BCUT2D eigenvalue weighted by Crippen LogP contribution is -2.32. The van der Waals surface area contributed by atoms with Gasteiger partial charge in [0.25, 0.3) is 11.1 Å². The van der Waals surface area contributed by atoms with E-state index >= 15 is 0 Å². The highest BCUT2D eigenvalue weighted by Gasteiger charge is 2.24. The molecular weight excluding hydrogens is 335 g/mol. The predicted molar refractivity (Wildman–Crippen MR) is 80.4 cm³/mol. The lowest BCUT2D eigenvalue weighted by atomic mass is 10.3. The highest BCUT2D eigenvalue weighted by molar-refractivity contribution is 8.13. The van der Waals surface area contributed by atoms with Crippen LogP contribution in [-0.4, -0.2) is 47.5 Å². The zero-order chi connectivity index (χ0) is 16.1. The van der Waals surface area contributed by atoms with Gasteiger partial charge >= 0.3 is 5.97 Å². The number of hydrogen-bond acceptors (Lipinski definition) is 5. The minimum absolute atomic E-state index is 0.0975. The predicted octanol–water partition coefficient (Wildman–Crippen LogP) is 2.13. The second-order valence-corrected chi connectivity index (χ2v) is 5.85. The zero-order valence-corrected chi connectivity index (χ0v) is 12.9. The van der Waals surface area contributed by atoms with E-state index in [0.717, 1.165) is 17.8 Å². The Morgan fingerprint density at radius 3 is 2.91 bits per heavy atom. The molecule has 2 rings (SSSR count). The van der Waals surface area contributed by atoms with Crippen LogP contribution < -0.4 is 5.32 Å². The number of ether oxygens (including phenoxy) is 1. The van der Waals surface area contributed by atoms with Gasteiger partial charge in [-0.2, -0.15) is 0 Å². The number of anilines is 1. The second kappa shape index (κ2) is 7.46. The van der Waals surface area contributed by atoms with E-state index in [1.165, 1.54) is 17.0 Å². The Bertz CT molecular complexity index is 614. The Morgan fingerprint density at radius 2 is 2.23 bits per heavy atom. The fourth-order valence-electron chi connectivity index (χ4n) is 1.70. The van der Waals surface area contributed by atoms with Crippen LogP contribution in [0.4, 0.5) is 14.9 Å². The van der Waals surface area contributed by atoms with Gasteiger partial charge in [-0.1, -0.05) is 23.4 Å². The molecule has 1 aliphatic rings. The van der Waals surface area contributed by atoms with Crippen molar-refractivity contribution in [3.63, 3.8) is 0 Å². The molecular formula is C13H12ClFN2O4S. The Balaban J connectivity index is 1.78. The van der Waals surface area contributed by atoms with E-state index < -0.39 is 24.3 Å². The van der Waals surface area contributed by atoms with Crippen molar-refractivity contribution < 1.29 is 23.5 Å². The lowest BCUT2D eigenvalue weighted by molar-refractivity contribution is -0.147. The second-order valence-electron chi connectivity index (χ2n) is 4.37. The number of amides is 2. The number of nitrogens with one attached hydrogen (secondary N) is 1. The molecule has 1 fully saturated rings. The summed E-state index contributed by atoms with van der Waals surface area (Å²) >= 11 is 6.82. The first kappa shape index (κ1) is 16.6. The van der Waals surface area contributed by atoms with Crippen molar-refractivity contribution in [2.45, 2.75) is 0 Å². The Hall–Kier alpha value is -1.80. The summed E-state index contributed by atoms with van der Waals surface area (Å²) in [4.78, 5) is 35.8. The summed E-state index contributed by atoms with van der Waals surface area (Å²) in [5, 5.41) is 2.32. The van der Waals surface area contributed by atoms with Crippen molar-refractivity contribution >= 4 is 46.2 Å². The van der Waals surface area contributed by atoms with E-state index in [0.29, 0.717) is 12.3 Å². The molecule has 1 heterocycles. The summed E-state index contributed by atoms with van der Waals surface area (Å²) < 4.78 is 18.2. The number of esters is 1. The van der Waals surface area contributed by atoms with E-state index in [1.807, 2.05) is 0 Å². The number of carbonyl (C=O) groups excluding carboxylic acids is 3. The van der Waals surface area contributed by atoms with Crippen molar-refractivity contribution in [1.29, 1.82) is 0 Å². The summed E-state index contributed by atoms with van der Waals surface area (Å²) in [5.41, 5.74) is -0.0975. The highest BCUT2D eigenvalue weighted by Crippen LogP contribution is 2.19. The molecule has 1 N–H and O–H groups in total. The van der Waals surface area contributed by atoms with Crippen LogP contribution in [0.1, 0.15) is 0 Å². The molecule has 1 aromatic rings. The van der Waals surface area contributed by atoms with Gasteiger partial charge in [0.2, 0.25) is 0 Å². The molecule has 0 atom stereocenters. The zero-order valence-electron chi connectivity index (χ0n) is 11.3. The van der Waals surface area contributed by atoms with Crippen LogP contribution in [0.25, 0.3) is 0 Å². The van der Waals surface area contributed by atoms with Crippen LogP contribution in [0.2, 0.25) is 5.02 Å². The number of rotatable bonds is 5. The van der Waals surface area contributed by atoms with Crippen molar-refractivity contribution in [1.82, 2.24) is 4.90 Å². The standard InChI is InChI=1S/C13H12ClFN2O4S/c14-8-1-2-9(15)10(5-8)16-11(18)7-21-12(19)6-17-3-4-22-13(17)20/h1-2,5H,3-4,6-7H2,(H,16,18). The van der Waals surface area contributed by atoms with E-state index in [1.54, 1.807) is 0 Å². The van der Waals surface area contributed by atoms with Crippen LogP contribution in [0.3, 0.4) is 0 Å². The first-order valence-electron chi connectivity index (χ1n) is 6.28. The van der Waals surface area contributed by atoms with Gasteiger partial charge in [-0.15, -0.1) is 0 Å². The molecule has 9 heteroatoms. The molecule has 22 heavy (non-hydrogen) atoms. The highest BCUT2D eigenvalue weighted by atomic mass is 35.5. The molecule has 2 amide bonds. The van der Waals surface area contributed by atoms with Gasteiger partial charge in [-0.25, -0.2) is 4.39 Å². The van der Waals surface area contributed by atoms with Gasteiger partial charge in [-0.3, -0.25) is 14.4 Å². The van der Waals surface area contributed by atoms with Gasteiger partial charge in [0.05, 0.1) is 5.69 Å². The van der Waals surface area contributed by atoms with Crippen LogP contribution in [0.5, 0.6) is 0 Å². The van der Waals surface area contributed by atoms with Crippen LogP contribution >= 0.6 is 23.4 Å². The molecule has 0 bridgehead atoms. The molecule has 0 aromatic heterocycles. The van der Waals surface area contributed by atoms with E-state index in [9.17, 15) is 18.8 Å². The van der Waals surface area contributed by atoms with Crippen molar-refractivity contribution in [3.8, 4) is 0 Å². The maximum atomic E-state index is 13.4. The maximum Gasteiger partial charge on any atom is 0.326 e. The number of hydrogen-bond donors (Lipinski definition) is 1. The minimum atomic E-state index is -0.698. The molecule has 1 aromatic carbocycles. The Kier molecular flexibility index (Phi) is 5.62. The monoisotopic (exact) mass is 346 g/mol. The molecule has 0 radical (unpaired) electrons. The normalized spacial score (nSPS) is 14.1. The minimum Gasteiger partial charge on any atom is -0.454 e. The first-order chi connectivity index (χ1) is 10.5. The molecule has 0 unspecified atom stereocenters. The molecule has 1 saturated heterocycles. The van der Waals surface area contributed by atoms with Gasteiger partial charge in [-0.05, 0) is 18.2 Å². The third kappa shape index (κ3) is 4.60. The third-order valence-corrected chi connectivity index (χ3v) is 3.86. The molecule has 6 nitrogen and oxygen atoms in total. The SMILES string of the molecule is O=C(COC(=O)CN1CCSC1=O)Nc1cc(Cl)ccc1F. The average Bonchev–Trinajstić information content (AvgIpc) is 2.86. The van der Waals surface area contributed by atoms with Gasteiger partial charge in [0.1, 0.15) is 12.4 Å². The molecule has 0 aliphatic carbocycles. The largest absolute Gasteiger partial charge is 0.454 e. The third-order valence-electron chi connectivity index (χ3n) is 2.73. The first-order valence-corrected chi connectivity index (χ1v) is 7.64. The maximum absolute atomic E-state index is 13.4. The molecule has 0 spiro atoms. The number of halogens is 2. The number of benzene rings is 1. The quantitative estimate of drug-likeness (QED) is 0.827. The number of thioether (sulfide) groups is 1. The van der Waals surface area contributed by atoms with Crippen LogP contribution in [-0.2, 0) is 14.3 Å². The Labute approximate surface area is 134 Å². The summed E-state index contributed by atoms with van der Waals surface area (Å²) in [6.07, 6.45) is 0. The summed E-state index contributed by atoms with van der Waals surface area (Å²) in [5.74, 6) is -1.42. The molecule has 118 valence electrons. The summed E-state index contributed by atoms with van der Waals surface area (Å²) in [7, 11) is 0. The summed E-state index contributed by atoms with van der Waals surface area (Å²) in [6, 6.07) is 3.70. The topological polar surface area (TPSA) is 75.7 Å². The van der Waals surface area contributed by atoms with E-state index in [-0.39, 0.29) is 22.5 Å².